The van der Waals surface area contributed by atoms with Gasteiger partial charge < -0.3 is 20.5 Å². The number of carbonyl (C=O) groups is 3. The molecule has 0 radical (unpaired) electrons. The maximum Gasteiger partial charge on any atom is 0.408 e. The van der Waals surface area contributed by atoms with Crippen molar-refractivity contribution in [3.05, 3.63) is 82.5 Å². The molecule has 0 aromatic heterocycles. The largest absolute Gasteiger partial charge is 0.481 e. The lowest BCUT2D eigenvalue weighted by atomic mass is 9.91. The number of hydroxylamine groups is 1. The third kappa shape index (κ3) is 7.62. The van der Waals surface area contributed by atoms with E-state index in [1.54, 1.807) is 54.6 Å². The second kappa shape index (κ2) is 12.0. The lowest BCUT2D eigenvalue weighted by Gasteiger charge is -2.24. The highest BCUT2D eigenvalue weighted by molar-refractivity contribution is 9.11. The Labute approximate surface area is 199 Å². The molecular weight excluding hydrogens is 494 g/mol. The molecule has 3 atom stereocenters. The van der Waals surface area contributed by atoms with Crippen molar-refractivity contribution in [2.24, 2.45) is 5.92 Å². The number of hydrogen-bond donors (Lipinski definition) is 4. The molecule has 0 spiro atoms. The van der Waals surface area contributed by atoms with Gasteiger partial charge in [-0.05, 0) is 39.6 Å². The zero-order valence-corrected chi connectivity index (χ0v) is 19.2. The highest BCUT2D eigenvalue weighted by Crippen LogP contribution is 2.16. The molecule has 2 aromatic rings. The minimum Gasteiger partial charge on any atom is -0.481 e. The fourth-order valence-electron chi connectivity index (χ4n) is 3.23. The van der Waals surface area contributed by atoms with Crippen molar-refractivity contribution in [3.8, 4) is 0 Å². The lowest BCUT2D eigenvalue weighted by molar-refractivity contribution is -0.145. The van der Waals surface area contributed by atoms with E-state index in [0.29, 0.717) is 4.61 Å². The first-order chi connectivity index (χ1) is 15.9. The molecule has 0 saturated carbocycles. The smallest absolute Gasteiger partial charge is 0.408 e. The van der Waals surface area contributed by atoms with Crippen molar-refractivity contribution >= 4 is 33.9 Å². The van der Waals surface area contributed by atoms with Crippen LogP contribution in [0.5, 0.6) is 0 Å². The highest BCUT2D eigenvalue weighted by atomic mass is 79.9. The van der Waals surface area contributed by atoms with Gasteiger partial charge in [0.25, 0.3) is 0 Å². The van der Waals surface area contributed by atoms with Crippen LogP contribution in [0.2, 0.25) is 0 Å². The first kappa shape index (κ1) is 24.3. The van der Waals surface area contributed by atoms with Gasteiger partial charge in [-0.2, -0.15) is 0 Å². The number of alkyl carbamates (subject to hydrolysis) is 1. The van der Waals surface area contributed by atoms with Gasteiger partial charge in [0, 0.05) is 0 Å². The number of hydrogen-bond acceptors (Lipinski definition) is 6. The quantitative estimate of drug-likeness (QED) is 0.356. The number of nitrogens with one attached hydrogen (secondary N) is 3. The third-order valence-electron chi connectivity index (χ3n) is 4.90. The summed E-state index contributed by atoms with van der Waals surface area (Å²) in [4.78, 5) is 42.8. The van der Waals surface area contributed by atoms with Crippen LogP contribution in [0.15, 0.2) is 71.3 Å². The lowest BCUT2D eigenvalue weighted by Crippen LogP contribution is -2.54. The number of carboxylic acid groups (broad SMARTS) is 1. The first-order valence-electron chi connectivity index (χ1n) is 10.2. The summed E-state index contributed by atoms with van der Waals surface area (Å²) >= 11 is 3.22. The molecule has 0 bridgehead atoms. The van der Waals surface area contributed by atoms with Crippen LogP contribution in [0.25, 0.3) is 0 Å². The molecule has 3 rings (SSSR count). The van der Waals surface area contributed by atoms with Crippen LogP contribution < -0.4 is 16.1 Å². The zero-order valence-electron chi connectivity index (χ0n) is 17.6. The average molecular weight is 518 g/mol. The number of halogens is 1. The molecule has 10 heteroatoms. The molecule has 9 nitrogen and oxygen atoms in total. The Morgan fingerprint density at radius 2 is 1.70 bits per heavy atom. The van der Waals surface area contributed by atoms with Crippen molar-refractivity contribution < 1.29 is 29.1 Å². The summed E-state index contributed by atoms with van der Waals surface area (Å²) in [5.74, 6) is -3.10. The molecule has 0 aliphatic carbocycles. The number of rotatable bonds is 10. The minimum atomic E-state index is -1.37. The SMILES string of the molecule is O=C(N[C@H](C(=O)NCC1C=C(Br)NO1)C(Cc1ccccc1)C(=O)O)OCc1ccccc1. The standard InChI is InChI=1S/C23H24BrN3O6/c24-19-12-17(33-27-19)13-25-21(28)20(18(22(29)30)11-15-7-3-1-4-8-15)26-23(31)32-14-16-9-5-2-6-10-16/h1-10,12,17-18,20,27H,11,13-14H2,(H,25,28)(H,26,31)(H,29,30)/t17?,18?,20-/m0/s1. The predicted molar refractivity (Wildman–Crippen MR) is 123 cm³/mol. The van der Waals surface area contributed by atoms with E-state index < -0.39 is 36.0 Å². The van der Waals surface area contributed by atoms with Crippen molar-refractivity contribution in [3.63, 3.8) is 0 Å². The van der Waals surface area contributed by atoms with Gasteiger partial charge in [-0.15, -0.1) is 0 Å². The monoisotopic (exact) mass is 517 g/mol. The summed E-state index contributed by atoms with van der Waals surface area (Å²) in [6.45, 7) is 0.0632. The molecule has 174 valence electrons. The Bertz CT molecular complexity index is 986. The van der Waals surface area contributed by atoms with Crippen LogP contribution >= 0.6 is 15.9 Å². The summed E-state index contributed by atoms with van der Waals surface area (Å²) in [5.41, 5.74) is 4.08. The summed E-state index contributed by atoms with van der Waals surface area (Å²) in [6, 6.07) is 16.5. The van der Waals surface area contributed by atoms with Crippen LogP contribution in [0.3, 0.4) is 0 Å². The van der Waals surface area contributed by atoms with Crippen molar-refractivity contribution in [2.45, 2.75) is 25.2 Å². The van der Waals surface area contributed by atoms with E-state index in [4.69, 9.17) is 9.57 Å². The van der Waals surface area contributed by atoms with Crippen molar-refractivity contribution in [1.29, 1.82) is 0 Å². The molecule has 0 saturated heterocycles. The highest BCUT2D eigenvalue weighted by Gasteiger charge is 2.36. The molecule has 33 heavy (non-hydrogen) atoms. The zero-order chi connectivity index (χ0) is 23.6. The van der Waals surface area contributed by atoms with E-state index in [0.717, 1.165) is 11.1 Å². The van der Waals surface area contributed by atoms with Crippen LogP contribution in [-0.4, -0.2) is 41.8 Å². The number of carbonyl (C=O) groups excluding carboxylic acids is 2. The minimum absolute atomic E-state index is 0.0160. The number of benzene rings is 2. The fraction of sp³-hybridized carbons (Fsp3) is 0.261. The van der Waals surface area contributed by atoms with Crippen molar-refractivity contribution in [1.82, 2.24) is 16.1 Å². The Hall–Kier alpha value is -3.37. The summed E-state index contributed by atoms with van der Waals surface area (Å²) in [5, 5.41) is 14.9. The number of amides is 2. The number of carboxylic acids is 1. The van der Waals surface area contributed by atoms with E-state index in [2.05, 4.69) is 32.0 Å². The van der Waals surface area contributed by atoms with Gasteiger partial charge in [0.2, 0.25) is 5.91 Å². The Morgan fingerprint density at radius 3 is 2.27 bits per heavy atom. The van der Waals surface area contributed by atoms with Crippen LogP contribution in [-0.2, 0) is 32.2 Å². The average Bonchev–Trinajstić information content (AvgIpc) is 3.24. The van der Waals surface area contributed by atoms with E-state index in [9.17, 15) is 19.5 Å². The van der Waals surface area contributed by atoms with Gasteiger partial charge in [-0.1, -0.05) is 60.7 Å². The third-order valence-corrected chi connectivity index (χ3v) is 5.33. The topological polar surface area (TPSA) is 126 Å². The molecule has 1 aliphatic rings. The fourth-order valence-corrected chi connectivity index (χ4v) is 3.62. The predicted octanol–water partition coefficient (Wildman–Crippen LogP) is 2.48. The maximum atomic E-state index is 13.0. The molecule has 4 N–H and O–H groups in total. The van der Waals surface area contributed by atoms with E-state index >= 15 is 0 Å². The van der Waals surface area contributed by atoms with Crippen LogP contribution in [0.1, 0.15) is 11.1 Å². The first-order valence-corrected chi connectivity index (χ1v) is 11.0. The number of ether oxygens (including phenoxy) is 1. The second-order valence-corrected chi connectivity index (χ2v) is 8.19. The van der Waals surface area contributed by atoms with E-state index in [1.165, 1.54) is 0 Å². The molecule has 2 unspecified atom stereocenters. The summed E-state index contributed by atoms with van der Waals surface area (Å²) < 4.78 is 5.83. The number of aliphatic carboxylic acids is 1. The van der Waals surface area contributed by atoms with E-state index in [-0.39, 0.29) is 19.6 Å². The molecule has 2 amide bonds. The van der Waals surface area contributed by atoms with Gasteiger partial charge in [-0.3, -0.25) is 19.9 Å². The molecular formula is C23H24BrN3O6. The molecule has 2 aromatic carbocycles. The maximum absolute atomic E-state index is 13.0. The van der Waals surface area contributed by atoms with Gasteiger partial charge in [0.15, 0.2) is 0 Å². The summed E-state index contributed by atoms with van der Waals surface area (Å²) in [6.07, 6.45) is 0.404. The molecule has 1 aliphatic heterocycles. The van der Waals surface area contributed by atoms with Crippen LogP contribution in [0.4, 0.5) is 4.79 Å². The van der Waals surface area contributed by atoms with Gasteiger partial charge in [0.1, 0.15) is 23.4 Å². The Morgan fingerprint density at radius 1 is 1.06 bits per heavy atom. The normalized spacial score (nSPS) is 16.6. The van der Waals surface area contributed by atoms with Crippen LogP contribution in [0, 0.1) is 5.92 Å². The second-order valence-electron chi connectivity index (χ2n) is 7.34. The van der Waals surface area contributed by atoms with Gasteiger partial charge in [-0.25, -0.2) is 4.79 Å². The molecule has 1 heterocycles. The van der Waals surface area contributed by atoms with Gasteiger partial charge in [0.05, 0.1) is 12.5 Å². The summed E-state index contributed by atoms with van der Waals surface area (Å²) in [7, 11) is 0. The van der Waals surface area contributed by atoms with Gasteiger partial charge >= 0.3 is 12.1 Å². The Balaban J connectivity index is 1.70. The van der Waals surface area contributed by atoms with Crippen molar-refractivity contribution in [2.75, 3.05) is 6.54 Å². The Kier molecular flexibility index (Phi) is 8.85. The van der Waals surface area contributed by atoms with E-state index in [1.807, 2.05) is 12.1 Å². The molecule has 0 fully saturated rings.